The molecular formula is C15H23ClN2O3S. The summed E-state index contributed by atoms with van der Waals surface area (Å²) in [4.78, 5) is 22.6. The van der Waals surface area contributed by atoms with Gasteiger partial charge in [0, 0.05) is 30.2 Å². The lowest BCUT2D eigenvalue weighted by Gasteiger charge is -2.07. The minimum atomic E-state index is -0.187. The van der Waals surface area contributed by atoms with E-state index in [0.29, 0.717) is 19.4 Å². The molecule has 0 unspecified atom stereocenters. The highest BCUT2D eigenvalue weighted by molar-refractivity contribution is 7.98. The average Bonchev–Trinajstić information content (AvgIpc) is 2.49. The Morgan fingerprint density at radius 1 is 1.27 bits per heavy atom. The lowest BCUT2D eigenvalue weighted by molar-refractivity contribution is -0.140. The summed E-state index contributed by atoms with van der Waals surface area (Å²) in [5.74, 6) is 1.34. The van der Waals surface area contributed by atoms with Gasteiger partial charge < -0.3 is 15.4 Å². The SMILES string of the molecule is CNCCC(=O)Nc1cccc(CSCCC(=O)OC)c1.Cl. The number of halogens is 1. The Kier molecular flexibility index (Phi) is 11.6. The van der Waals surface area contributed by atoms with Crippen LogP contribution in [0, 0.1) is 0 Å². The zero-order valence-corrected chi connectivity index (χ0v) is 14.5. The van der Waals surface area contributed by atoms with E-state index in [0.717, 1.165) is 22.8 Å². The zero-order valence-electron chi connectivity index (χ0n) is 12.9. The summed E-state index contributed by atoms with van der Waals surface area (Å²) in [5.41, 5.74) is 1.93. The highest BCUT2D eigenvalue weighted by Crippen LogP contribution is 2.17. The molecule has 0 aliphatic rings. The number of carbonyl (C=O) groups excluding carboxylic acids is 2. The second kappa shape index (κ2) is 12.3. The number of ether oxygens (including phenoxy) is 1. The number of carbonyl (C=O) groups is 2. The number of esters is 1. The predicted molar refractivity (Wildman–Crippen MR) is 93.7 cm³/mol. The molecule has 1 rings (SSSR count). The van der Waals surface area contributed by atoms with Crippen LogP contribution in [0.4, 0.5) is 5.69 Å². The molecule has 2 N–H and O–H groups in total. The molecule has 124 valence electrons. The van der Waals surface area contributed by atoms with Gasteiger partial charge in [-0.05, 0) is 24.7 Å². The van der Waals surface area contributed by atoms with Crippen molar-refractivity contribution in [1.29, 1.82) is 0 Å². The van der Waals surface area contributed by atoms with Gasteiger partial charge in [-0.2, -0.15) is 11.8 Å². The van der Waals surface area contributed by atoms with Gasteiger partial charge in [-0.25, -0.2) is 0 Å². The first-order chi connectivity index (χ1) is 10.2. The summed E-state index contributed by atoms with van der Waals surface area (Å²) in [5, 5.41) is 5.81. The van der Waals surface area contributed by atoms with Crippen molar-refractivity contribution in [3.05, 3.63) is 29.8 Å². The number of amides is 1. The summed E-state index contributed by atoms with van der Waals surface area (Å²) < 4.78 is 4.59. The van der Waals surface area contributed by atoms with Crippen LogP contribution in [-0.4, -0.2) is 38.3 Å². The van der Waals surface area contributed by atoms with E-state index in [1.54, 1.807) is 11.8 Å². The van der Waals surface area contributed by atoms with Crippen molar-refractivity contribution in [1.82, 2.24) is 5.32 Å². The molecule has 7 heteroatoms. The Balaban J connectivity index is 0.00000441. The highest BCUT2D eigenvalue weighted by atomic mass is 35.5. The first-order valence-electron chi connectivity index (χ1n) is 6.83. The number of nitrogens with one attached hydrogen (secondary N) is 2. The fraction of sp³-hybridized carbons (Fsp3) is 0.467. The zero-order chi connectivity index (χ0) is 15.5. The highest BCUT2D eigenvalue weighted by Gasteiger charge is 2.03. The molecule has 0 bridgehead atoms. The molecule has 0 saturated carbocycles. The van der Waals surface area contributed by atoms with E-state index < -0.39 is 0 Å². The van der Waals surface area contributed by atoms with Gasteiger partial charge in [0.05, 0.1) is 13.5 Å². The lowest BCUT2D eigenvalue weighted by atomic mass is 10.2. The Morgan fingerprint density at radius 3 is 2.73 bits per heavy atom. The van der Waals surface area contributed by atoms with Crippen LogP contribution in [0.2, 0.25) is 0 Å². The molecule has 1 aromatic carbocycles. The summed E-state index contributed by atoms with van der Waals surface area (Å²) in [6, 6.07) is 7.76. The van der Waals surface area contributed by atoms with Crippen molar-refractivity contribution >= 4 is 41.7 Å². The summed E-state index contributed by atoms with van der Waals surface area (Å²) in [6.07, 6.45) is 0.871. The van der Waals surface area contributed by atoms with Gasteiger partial charge in [0.25, 0.3) is 0 Å². The number of rotatable bonds is 9. The molecule has 1 amide bonds. The van der Waals surface area contributed by atoms with Crippen LogP contribution in [0.5, 0.6) is 0 Å². The molecule has 1 aromatic rings. The Morgan fingerprint density at radius 2 is 2.05 bits per heavy atom. The fourth-order valence-electron chi connectivity index (χ4n) is 1.65. The van der Waals surface area contributed by atoms with Crippen molar-refractivity contribution in [2.75, 3.05) is 31.8 Å². The number of hydrogen-bond donors (Lipinski definition) is 2. The minimum Gasteiger partial charge on any atom is -0.469 e. The third-order valence-corrected chi connectivity index (χ3v) is 3.79. The smallest absolute Gasteiger partial charge is 0.306 e. The Labute approximate surface area is 142 Å². The molecule has 0 heterocycles. The maximum atomic E-state index is 11.6. The second-order valence-electron chi connectivity index (χ2n) is 4.48. The standard InChI is InChI=1S/C15H22N2O3S.ClH/c1-16-8-6-14(18)17-13-5-3-4-12(10-13)11-21-9-7-15(19)20-2;/h3-5,10,16H,6-9,11H2,1-2H3,(H,17,18);1H. The number of anilines is 1. The maximum absolute atomic E-state index is 11.6. The van der Waals surface area contributed by atoms with Crippen LogP contribution in [0.15, 0.2) is 24.3 Å². The fourth-order valence-corrected chi connectivity index (χ4v) is 2.52. The molecule has 0 aromatic heterocycles. The van der Waals surface area contributed by atoms with E-state index in [-0.39, 0.29) is 24.3 Å². The van der Waals surface area contributed by atoms with Crippen LogP contribution in [0.1, 0.15) is 18.4 Å². The van der Waals surface area contributed by atoms with E-state index in [2.05, 4.69) is 15.4 Å². The second-order valence-corrected chi connectivity index (χ2v) is 5.59. The molecule has 0 atom stereocenters. The summed E-state index contributed by atoms with van der Waals surface area (Å²) in [7, 11) is 3.21. The van der Waals surface area contributed by atoms with Crippen LogP contribution in [0.3, 0.4) is 0 Å². The Hall–Kier alpha value is -1.24. The molecular weight excluding hydrogens is 324 g/mol. The molecule has 0 spiro atoms. The number of benzene rings is 1. The number of methoxy groups -OCH3 is 1. The molecule has 0 aliphatic carbocycles. The molecule has 5 nitrogen and oxygen atoms in total. The van der Waals surface area contributed by atoms with E-state index in [4.69, 9.17) is 0 Å². The first-order valence-corrected chi connectivity index (χ1v) is 7.99. The van der Waals surface area contributed by atoms with Crippen molar-refractivity contribution in [3.63, 3.8) is 0 Å². The van der Waals surface area contributed by atoms with Gasteiger partial charge in [0.2, 0.25) is 5.91 Å². The quantitative estimate of drug-likeness (QED) is 0.531. The summed E-state index contributed by atoms with van der Waals surface area (Å²) >= 11 is 1.67. The molecule has 0 aliphatic heterocycles. The van der Waals surface area contributed by atoms with Crippen LogP contribution < -0.4 is 10.6 Å². The number of hydrogen-bond acceptors (Lipinski definition) is 5. The van der Waals surface area contributed by atoms with E-state index >= 15 is 0 Å². The topological polar surface area (TPSA) is 67.4 Å². The Bertz CT molecular complexity index is 472. The van der Waals surface area contributed by atoms with Gasteiger partial charge in [-0.1, -0.05) is 12.1 Å². The average molecular weight is 347 g/mol. The van der Waals surface area contributed by atoms with Crippen LogP contribution in [0.25, 0.3) is 0 Å². The number of thioether (sulfide) groups is 1. The van der Waals surface area contributed by atoms with Gasteiger partial charge in [0.1, 0.15) is 0 Å². The van der Waals surface area contributed by atoms with E-state index in [1.807, 2.05) is 31.3 Å². The molecule has 22 heavy (non-hydrogen) atoms. The molecule has 0 saturated heterocycles. The molecule has 0 fully saturated rings. The third kappa shape index (κ3) is 8.92. The van der Waals surface area contributed by atoms with Gasteiger partial charge in [0.15, 0.2) is 0 Å². The van der Waals surface area contributed by atoms with Gasteiger partial charge in [-0.15, -0.1) is 12.4 Å². The van der Waals surface area contributed by atoms with E-state index in [9.17, 15) is 9.59 Å². The van der Waals surface area contributed by atoms with Crippen LogP contribution >= 0.6 is 24.2 Å². The van der Waals surface area contributed by atoms with Gasteiger partial charge >= 0.3 is 5.97 Å². The van der Waals surface area contributed by atoms with Crippen LogP contribution in [-0.2, 0) is 20.1 Å². The summed E-state index contributed by atoms with van der Waals surface area (Å²) in [6.45, 7) is 0.662. The van der Waals surface area contributed by atoms with Crippen molar-refractivity contribution in [3.8, 4) is 0 Å². The maximum Gasteiger partial charge on any atom is 0.306 e. The monoisotopic (exact) mass is 346 g/mol. The van der Waals surface area contributed by atoms with Crippen molar-refractivity contribution < 1.29 is 14.3 Å². The first kappa shape index (κ1) is 20.8. The third-order valence-electron chi connectivity index (χ3n) is 2.76. The van der Waals surface area contributed by atoms with Gasteiger partial charge in [-0.3, -0.25) is 9.59 Å². The van der Waals surface area contributed by atoms with Crippen molar-refractivity contribution in [2.24, 2.45) is 0 Å². The van der Waals surface area contributed by atoms with E-state index in [1.165, 1.54) is 7.11 Å². The lowest BCUT2D eigenvalue weighted by Crippen LogP contribution is -2.18. The predicted octanol–water partition coefficient (Wildman–Crippen LogP) is 2.45. The molecule has 0 radical (unpaired) electrons. The minimum absolute atomic E-state index is 0. The largest absolute Gasteiger partial charge is 0.469 e. The normalized spacial score (nSPS) is 9.73. The van der Waals surface area contributed by atoms with Crippen molar-refractivity contribution in [2.45, 2.75) is 18.6 Å².